The summed E-state index contributed by atoms with van der Waals surface area (Å²) in [7, 11) is 0. The van der Waals surface area contributed by atoms with Crippen LogP contribution in [0.15, 0.2) is 0 Å². The molecule has 0 saturated carbocycles. The molecule has 1 fully saturated rings. The molecule has 0 N–H and O–H groups in total. The van der Waals surface area contributed by atoms with Crippen LogP contribution < -0.4 is 0 Å². The van der Waals surface area contributed by atoms with E-state index in [-0.39, 0.29) is 18.4 Å². The van der Waals surface area contributed by atoms with E-state index in [0.29, 0.717) is 6.42 Å². The molecule has 70 valence electrons. The second kappa shape index (κ2) is 3.87. The third-order valence-electron chi connectivity index (χ3n) is 1.59. The SMILES string of the molecule is CC(=O)O[C@H]1CC(C)OC(C)O1. The first-order valence-corrected chi connectivity index (χ1v) is 4.06. The summed E-state index contributed by atoms with van der Waals surface area (Å²) in [6.07, 6.45) is -0.0540. The van der Waals surface area contributed by atoms with Gasteiger partial charge in [0.05, 0.1) is 6.10 Å². The summed E-state index contributed by atoms with van der Waals surface area (Å²) < 4.78 is 15.4. The monoisotopic (exact) mass is 174 g/mol. The molecule has 0 spiro atoms. The Morgan fingerprint density at radius 1 is 1.42 bits per heavy atom. The van der Waals surface area contributed by atoms with Gasteiger partial charge in [0.2, 0.25) is 6.29 Å². The van der Waals surface area contributed by atoms with Crippen molar-refractivity contribution in [1.82, 2.24) is 0 Å². The molecule has 0 aromatic heterocycles. The average molecular weight is 174 g/mol. The van der Waals surface area contributed by atoms with Gasteiger partial charge in [0.1, 0.15) is 0 Å². The maximum absolute atomic E-state index is 10.6. The van der Waals surface area contributed by atoms with Crippen molar-refractivity contribution in [2.75, 3.05) is 0 Å². The molecule has 0 radical (unpaired) electrons. The zero-order chi connectivity index (χ0) is 9.14. The van der Waals surface area contributed by atoms with Crippen molar-refractivity contribution in [3.05, 3.63) is 0 Å². The van der Waals surface area contributed by atoms with Crippen LogP contribution in [0.25, 0.3) is 0 Å². The van der Waals surface area contributed by atoms with E-state index < -0.39 is 6.29 Å². The van der Waals surface area contributed by atoms with Crippen molar-refractivity contribution in [2.24, 2.45) is 0 Å². The average Bonchev–Trinajstić information content (AvgIpc) is 1.81. The Labute approximate surface area is 71.8 Å². The highest BCUT2D eigenvalue weighted by Gasteiger charge is 2.26. The molecule has 1 saturated heterocycles. The van der Waals surface area contributed by atoms with E-state index in [9.17, 15) is 4.79 Å². The van der Waals surface area contributed by atoms with Gasteiger partial charge < -0.3 is 14.2 Å². The molecular weight excluding hydrogens is 160 g/mol. The van der Waals surface area contributed by atoms with Crippen molar-refractivity contribution in [3.8, 4) is 0 Å². The molecule has 1 aliphatic heterocycles. The summed E-state index contributed by atoms with van der Waals surface area (Å²) in [5.74, 6) is -0.318. The number of hydrogen-bond donors (Lipinski definition) is 0. The van der Waals surface area contributed by atoms with Crippen LogP contribution in [0.2, 0.25) is 0 Å². The fraction of sp³-hybridized carbons (Fsp3) is 0.875. The van der Waals surface area contributed by atoms with Gasteiger partial charge in [-0.2, -0.15) is 0 Å². The normalized spacial score (nSPS) is 36.1. The first-order valence-electron chi connectivity index (χ1n) is 4.06. The Hall–Kier alpha value is -0.610. The van der Waals surface area contributed by atoms with Crippen LogP contribution in [-0.4, -0.2) is 24.7 Å². The topological polar surface area (TPSA) is 44.8 Å². The predicted molar refractivity (Wildman–Crippen MR) is 41.3 cm³/mol. The van der Waals surface area contributed by atoms with Gasteiger partial charge in [0, 0.05) is 13.3 Å². The van der Waals surface area contributed by atoms with Gasteiger partial charge in [0.15, 0.2) is 6.29 Å². The van der Waals surface area contributed by atoms with Crippen molar-refractivity contribution < 1.29 is 19.0 Å². The van der Waals surface area contributed by atoms with E-state index in [1.54, 1.807) is 6.92 Å². The quantitative estimate of drug-likeness (QED) is 0.557. The largest absolute Gasteiger partial charge is 0.436 e. The lowest BCUT2D eigenvalue weighted by Crippen LogP contribution is -2.37. The lowest BCUT2D eigenvalue weighted by Gasteiger charge is -2.31. The standard InChI is InChI=1S/C8H14O4/c1-5-4-8(11-6(2)9)12-7(3)10-5/h5,7-8H,4H2,1-3H3/t5?,7?,8-/m1/s1. The highest BCUT2D eigenvalue weighted by molar-refractivity contribution is 5.66. The summed E-state index contributed by atoms with van der Waals surface area (Å²) in [6, 6.07) is 0. The van der Waals surface area contributed by atoms with Crippen molar-refractivity contribution in [3.63, 3.8) is 0 Å². The van der Waals surface area contributed by atoms with Crippen LogP contribution in [0, 0.1) is 0 Å². The number of rotatable bonds is 1. The maximum atomic E-state index is 10.6. The van der Waals surface area contributed by atoms with Gasteiger partial charge in [0.25, 0.3) is 0 Å². The molecule has 3 atom stereocenters. The number of carbonyl (C=O) groups is 1. The maximum Gasteiger partial charge on any atom is 0.304 e. The Balaban J connectivity index is 2.38. The van der Waals surface area contributed by atoms with Crippen molar-refractivity contribution >= 4 is 5.97 Å². The van der Waals surface area contributed by atoms with Crippen molar-refractivity contribution in [2.45, 2.75) is 45.9 Å². The van der Waals surface area contributed by atoms with E-state index in [2.05, 4.69) is 0 Å². The number of carbonyl (C=O) groups excluding carboxylic acids is 1. The van der Waals surface area contributed by atoms with Crippen LogP contribution in [0.1, 0.15) is 27.2 Å². The zero-order valence-corrected chi connectivity index (χ0v) is 7.57. The predicted octanol–water partition coefficient (Wildman–Crippen LogP) is 1.05. The summed E-state index contributed by atoms with van der Waals surface area (Å²) in [5.41, 5.74) is 0. The molecule has 12 heavy (non-hydrogen) atoms. The summed E-state index contributed by atoms with van der Waals surface area (Å²) >= 11 is 0. The zero-order valence-electron chi connectivity index (χ0n) is 7.57. The van der Waals surface area contributed by atoms with Crippen LogP contribution >= 0.6 is 0 Å². The first-order chi connectivity index (χ1) is 5.58. The van der Waals surface area contributed by atoms with Gasteiger partial charge in [-0.3, -0.25) is 4.79 Å². The number of hydrogen-bond acceptors (Lipinski definition) is 4. The second-order valence-corrected chi connectivity index (χ2v) is 2.93. The highest BCUT2D eigenvalue weighted by Crippen LogP contribution is 2.18. The van der Waals surface area contributed by atoms with Gasteiger partial charge in [-0.25, -0.2) is 0 Å². The Kier molecular flexibility index (Phi) is 3.05. The molecule has 0 aliphatic carbocycles. The molecule has 1 heterocycles. The molecule has 0 aromatic carbocycles. The Bertz CT molecular complexity index is 158. The summed E-state index contributed by atoms with van der Waals surface area (Å²) in [6.45, 7) is 5.08. The minimum atomic E-state index is -0.443. The van der Waals surface area contributed by atoms with Gasteiger partial charge >= 0.3 is 5.97 Å². The lowest BCUT2D eigenvalue weighted by molar-refractivity contribution is -0.288. The van der Waals surface area contributed by atoms with E-state index >= 15 is 0 Å². The molecule has 2 unspecified atom stereocenters. The Morgan fingerprint density at radius 3 is 2.58 bits per heavy atom. The minimum Gasteiger partial charge on any atom is -0.436 e. The van der Waals surface area contributed by atoms with E-state index in [1.807, 2.05) is 6.92 Å². The number of esters is 1. The summed E-state index contributed by atoms with van der Waals surface area (Å²) in [4.78, 5) is 10.6. The van der Waals surface area contributed by atoms with Crippen LogP contribution in [0.3, 0.4) is 0 Å². The third-order valence-corrected chi connectivity index (χ3v) is 1.59. The van der Waals surface area contributed by atoms with Gasteiger partial charge in [-0.1, -0.05) is 0 Å². The molecule has 0 aromatic rings. The molecule has 1 rings (SSSR count). The number of ether oxygens (including phenoxy) is 3. The van der Waals surface area contributed by atoms with Gasteiger partial charge in [-0.05, 0) is 13.8 Å². The minimum absolute atomic E-state index is 0.0816. The van der Waals surface area contributed by atoms with Crippen LogP contribution in [0.4, 0.5) is 0 Å². The first kappa shape index (κ1) is 9.48. The molecule has 0 bridgehead atoms. The van der Waals surface area contributed by atoms with E-state index in [0.717, 1.165) is 0 Å². The Morgan fingerprint density at radius 2 is 2.08 bits per heavy atom. The van der Waals surface area contributed by atoms with Crippen molar-refractivity contribution in [1.29, 1.82) is 0 Å². The van der Waals surface area contributed by atoms with E-state index in [1.165, 1.54) is 6.92 Å². The van der Waals surface area contributed by atoms with Crippen LogP contribution in [0.5, 0.6) is 0 Å². The molecule has 1 aliphatic rings. The third kappa shape index (κ3) is 2.79. The smallest absolute Gasteiger partial charge is 0.304 e. The molecule has 4 nitrogen and oxygen atoms in total. The lowest BCUT2D eigenvalue weighted by atomic mass is 10.2. The van der Waals surface area contributed by atoms with E-state index in [4.69, 9.17) is 14.2 Å². The molecular formula is C8H14O4. The molecule has 0 amide bonds. The van der Waals surface area contributed by atoms with Crippen LogP contribution in [-0.2, 0) is 19.0 Å². The molecule has 4 heteroatoms. The second-order valence-electron chi connectivity index (χ2n) is 2.93. The highest BCUT2D eigenvalue weighted by atomic mass is 16.8. The summed E-state index contributed by atoms with van der Waals surface area (Å²) in [5, 5.41) is 0. The fourth-order valence-electron chi connectivity index (χ4n) is 1.22. The van der Waals surface area contributed by atoms with Gasteiger partial charge in [-0.15, -0.1) is 0 Å². The fourth-order valence-corrected chi connectivity index (χ4v) is 1.22.